The minimum absolute atomic E-state index is 0.515. The predicted octanol–water partition coefficient (Wildman–Crippen LogP) is 5.81. The molecule has 0 atom stereocenters. The van der Waals surface area contributed by atoms with E-state index in [1.807, 2.05) is 0 Å². The van der Waals surface area contributed by atoms with Crippen molar-refractivity contribution in [2.75, 3.05) is 11.4 Å². The summed E-state index contributed by atoms with van der Waals surface area (Å²) in [4.78, 5) is 2.33. The Balaban J connectivity index is 1.54. The molecule has 1 aliphatic heterocycles. The number of benzene rings is 2. The van der Waals surface area contributed by atoms with E-state index in [-0.39, 0.29) is 0 Å². The van der Waals surface area contributed by atoms with Crippen molar-refractivity contribution in [2.24, 2.45) is 0 Å². The molecule has 0 radical (unpaired) electrons. The average molecular weight is 368 g/mol. The van der Waals surface area contributed by atoms with Crippen molar-refractivity contribution < 1.29 is 4.57 Å². The van der Waals surface area contributed by atoms with Crippen LogP contribution in [0, 0.1) is 6.92 Å². The van der Waals surface area contributed by atoms with Crippen LogP contribution in [0.1, 0.15) is 36.5 Å². The molecule has 0 bridgehead atoms. The first-order valence-corrected chi connectivity index (χ1v) is 9.95. The van der Waals surface area contributed by atoms with Crippen LogP contribution in [0.4, 0.5) is 5.69 Å². The van der Waals surface area contributed by atoms with Crippen LogP contribution in [0.2, 0.25) is 0 Å². The van der Waals surface area contributed by atoms with Gasteiger partial charge in [0.15, 0.2) is 12.4 Å². The van der Waals surface area contributed by atoms with E-state index in [9.17, 15) is 0 Å². The zero-order chi connectivity index (χ0) is 19.5. The fraction of sp³-hybridized carbons (Fsp3) is 0.192. The van der Waals surface area contributed by atoms with Crippen LogP contribution in [-0.2, 0) is 0 Å². The van der Waals surface area contributed by atoms with E-state index in [1.54, 1.807) is 0 Å². The summed E-state index contributed by atoms with van der Waals surface area (Å²) in [6.45, 7) is 7.54. The molecule has 28 heavy (non-hydrogen) atoms. The van der Waals surface area contributed by atoms with Crippen LogP contribution in [0.5, 0.6) is 0 Å². The van der Waals surface area contributed by atoms with Crippen LogP contribution in [0.15, 0.2) is 91.4 Å². The maximum Gasteiger partial charge on any atom is 0.213 e. The fourth-order valence-electron chi connectivity index (χ4n) is 3.76. The molecular formula is C26H27N2+. The van der Waals surface area contributed by atoms with Gasteiger partial charge in [0.05, 0.1) is 0 Å². The highest BCUT2D eigenvalue weighted by Crippen LogP contribution is 2.30. The maximum absolute atomic E-state index is 2.33. The quantitative estimate of drug-likeness (QED) is 0.528. The third-order valence-electron chi connectivity index (χ3n) is 5.37. The van der Waals surface area contributed by atoms with Gasteiger partial charge in [-0.15, -0.1) is 0 Å². The number of hydrogen-bond acceptors (Lipinski definition) is 1. The Kier molecular flexibility index (Phi) is 5.12. The van der Waals surface area contributed by atoms with Gasteiger partial charge in [0, 0.05) is 42.2 Å². The average Bonchev–Trinajstić information content (AvgIpc) is 2.74. The third-order valence-corrected chi connectivity index (χ3v) is 5.37. The number of nitrogens with zero attached hydrogens (tertiary/aromatic N) is 2. The summed E-state index contributed by atoms with van der Waals surface area (Å²) >= 11 is 0. The Hall–Kier alpha value is -3.13. The van der Waals surface area contributed by atoms with E-state index in [0.29, 0.717) is 5.92 Å². The normalized spacial score (nSPS) is 13.7. The Morgan fingerprint density at radius 3 is 2.29 bits per heavy atom. The van der Waals surface area contributed by atoms with Crippen molar-refractivity contribution in [3.63, 3.8) is 0 Å². The lowest BCUT2D eigenvalue weighted by atomic mass is 9.99. The Morgan fingerprint density at radius 2 is 1.61 bits per heavy atom. The molecule has 3 aromatic rings. The predicted molar refractivity (Wildman–Crippen MR) is 118 cm³/mol. The van der Waals surface area contributed by atoms with Gasteiger partial charge in [-0.1, -0.05) is 56.3 Å². The van der Waals surface area contributed by atoms with Gasteiger partial charge in [-0.3, -0.25) is 0 Å². The van der Waals surface area contributed by atoms with Gasteiger partial charge < -0.3 is 4.90 Å². The van der Waals surface area contributed by atoms with Gasteiger partial charge >= 0.3 is 0 Å². The van der Waals surface area contributed by atoms with Crippen LogP contribution < -0.4 is 9.47 Å². The summed E-state index contributed by atoms with van der Waals surface area (Å²) in [6, 6.07) is 21.5. The topological polar surface area (TPSA) is 7.12 Å². The number of anilines is 1. The molecule has 0 N–H and O–H groups in total. The molecule has 2 aromatic carbocycles. The number of aryl methyl sites for hydroxylation is 1. The Morgan fingerprint density at radius 1 is 0.893 bits per heavy atom. The van der Waals surface area contributed by atoms with E-state index < -0.39 is 0 Å². The zero-order valence-corrected chi connectivity index (χ0v) is 16.8. The molecule has 1 aromatic heterocycles. The van der Waals surface area contributed by atoms with E-state index in [0.717, 1.165) is 6.54 Å². The molecule has 2 heterocycles. The molecule has 2 nitrogen and oxygen atoms in total. The number of aromatic nitrogens is 1. The van der Waals surface area contributed by atoms with Gasteiger partial charge in [-0.05, 0) is 41.7 Å². The lowest BCUT2D eigenvalue weighted by Gasteiger charge is -2.26. The molecule has 0 spiro atoms. The lowest BCUT2D eigenvalue weighted by Crippen LogP contribution is -2.30. The number of allylic oxidation sites excluding steroid dienone is 2. The van der Waals surface area contributed by atoms with Crippen molar-refractivity contribution in [1.29, 1.82) is 0 Å². The number of rotatable bonds is 4. The molecule has 0 saturated heterocycles. The van der Waals surface area contributed by atoms with Crippen molar-refractivity contribution in [3.05, 3.63) is 108 Å². The number of para-hydroxylation sites is 2. The van der Waals surface area contributed by atoms with Crippen molar-refractivity contribution in [3.8, 4) is 5.69 Å². The second-order valence-corrected chi connectivity index (χ2v) is 7.62. The van der Waals surface area contributed by atoms with Crippen LogP contribution in [0.25, 0.3) is 11.3 Å². The standard InChI is InChI=1S/C26H27N2/c1-20(2)24-9-5-7-11-26(24)28-18-14-23(15-19-28)22-12-16-27(17-13-22)25-10-6-4-8-21(25)3/h4-18,20H,19H2,1-3H3/q+1. The highest BCUT2D eigenvalue weighted by Gasteiger charge is 2.14. The molecule has 0 unspecified atom stereocenters. The molecule has 4 rings (SSSR count). The van der Waals surface area contributed by atoms with Crippen molar-refractivity contribution in [2.45, 2.75) is 26.7 Å². The molecule has 2 heteroatoms. The summed E-state index contributed by atoms with van der Waals surface area (Å²) in [5, 5.41) is 0. The first-order valence-electron chi connectivity index (χ1n) is 9.95. The van der Waals surface area contributed by atoms with E-state index >= 15 is 0 Å². The SMILES string of the molecule is Cc1ccccc1-[n+]1ccc(C2=CCN(c3ccccc3C(C)C)C=C2)cc1. The van der Waals surface area contributed by atoms with Gasteiger partial charge in [0.25, 0.3) is 0 Å². The minimum Gasteiger partial charge on any atom is -0.344 e. The van der Waals surface area contributed by atoms with Crippen LogP contribution >= 0.6 is 0 Å². The van der Waals surface area contributed by atoms with Crippen LogP contribution in [0.3, 0.4) is 0 Å². The van der Waals surface area contributed by atoms with Gasteiger partial charge in [-0.2, -0.15) is 4.57 Å². The first-order chi connectivity index (χ1) is 13.6. The highest BCUT2D eigenvalue weighted by molar-refractivity contribution is 5.77. The summed E-state index contributed by atoms with van der Waals surface area (Å²) in [5.74, 6) is 0.515. The summed E-state index contributed by atoms with van der Waals surface area (Å²) in [5.41, 5.74) is 7.71. The summed E-state index contributed by atoms with van der Waals surface area (Å²) in [6.07, 6.45) is 11.0. The third kappa shape index (κ3) is 3.63. The van der Waals surface area contributed by atoms with Crippen molar-refractivity contribution in [1.82, 2.24) is 0 Å². The molecule has 0 saturated carbocycles. The maximum atomic E-state index is 2.33. The van der Waals surface area contributed by atoms with E-state index in [1.165, 1.54) is 33.6 Å². The van der Waals surface area contributed by atoms with Crippen molar-refractivity contribution >= 4 is 11.3 Å². The van der Waals surface area contributed by atoms with E-state index in [2.05, 4.69) is 122 Å². The van der Waals surface area contributed by atoms with E-state index in [4.69, 9.17) is 0 Å². The van der Waals surface area contributed by atoms with Gasteiger partial charge in [0.2, 0.25) is 5.69 Å². The van der Waals surface area contributed by atoms with Gasteiger partial charge in [0.1, 0.15) is 0 Å². The second kappa shape index (κ2) is 7.85. The number of pyridine rings is 1. The monoisotopic (exact) mass is 367 g/mol. The molecule has 0 aliphatic carbocycles. The second-order valence-electron chi connectivity index (χ2n) is 7.62. The Bertz CT molecular complexity index is 1030. The zero-order valence-electron chi connectivity index (χ0n) is 16.8. The smallest absolute Gasteiger partial charge is 0.213 e. The summed E-state index contributed by atoms with van der Waals surface area (Å²) in [7, 11) is 0. The largest absolute Gasteiger partial charge is 0.344 e. The molecule has 0 fully saturated rings. The van der Waals surface area contributed by atoms with Gasteiger partial charge in [-0.25, -0.2) is 0 Å². The molecule has 1 aliphatic rings. The molecule has 0 amide bonds. The molecular weight excluding hydrogens is 340 g/mol. The molecule has 140 valence electrons. The highest BCUT2D eigenvalue weighted by atomic mass is 15.1. The lowest BCUT2D eigenvalue weighted by molar-refractivity contribution is -0.596. The summed E-state index contributed by atoms with van der Waals surface area (Å²) < 4.78 is 2.18. The number of hydrogen-bond donors (Lipinski definition) is 0. The van der Waals surface area contributed by atoms with Crippen LogP contribution in [-0.4, -0.2) is 6.54 Å². The minimum atomic E-state index is 0.515. The first kappa shape index (κ1) is 18.2. The fourth-order valence-corrected chi connectivity index (χ4v) is 3.76. The Labute approximate surface area is 168 Å².